The zero-order chi connectivity index (χ0) is 59.0. The second-order valence-electron chi connectivity index (χ2n) is 22.5. The molecule has 3 saturated heterocycles. The van der Waals surface area contributed by atoms with Crippen molar-refractivity contribution in [3.63, 3.8) is 0 Å². The van der Waals surface area contributed by atoms with Crippen LogP contribution in [0.4, 0.5) is 0 Å². The maximum Gasteiger partial charge on any atom is 0.220 e. The number of hydrogen-bond donors (Lipinski definition) is 12. The number of nitrogens with one attached hydrogen (secondary N) is 1. The van der Waals surface area contributed by atoms with Gasteiger partial charge in [-0.05, 0) is 57.8 Å². The fourth-order valence-corrected chi connectivity index (χ4v) is 10.4. The molecule has 0 aromatic heterocycles. The molecule has 1 amide bonds. The minimum Gasteiger partial charge on any atom is -0.394 e. The number of aliphatic hydroxyl groups is 11. The molecule has 81 heavy (non-hydrogen) atoms. The van der Waals surface area contributed by atoms with Gasteiger partial charge < -0.3 is 89.9 Å². The summed E-state index contributed by atoms with van der Waals surface area (Å²) in [5.74, 6) is -0.301. The molecule has 3 aliphatic heterocycles. The molecule has 3 heterocycles. The van der Waals surface area contributed by atoms with Crippen molar-refractivity contribution in [2.75, 3.05) is 26.4 Å². The topological polar surface area (TPSA) is 307 Å². The van der Waals surface area contributed by atoms with Gasteiger partial charge in [-0.25, -0.2) is 0 Å². The van der Waals surface area contributed by atoms with Gasteiger partial charge in [-0.2, -0.15) is 0 Å². The van der Waals surface area contributed by atoms with Crippen molar-refractivity contribution < 1.29 is 89.4 Å². The van der Waals surface area contributed by atoms with E-state index < -0.39 is 124 Å². The van der Waals surface area contributed by atoms with Crippen molar-refractivity contribution in [1.82, 2.24) is 5.32 Å². The van der Waals surface area contributed by atoms with E-state index in [0.717, 1.165) is 64.2 Å². The lowest BCUT2D eigenvalue weighted by atomic mass is 9.96. The van der Waals surface area contributed by atoms with E-state index in [9.17, 15) is 61.0 Å². The Kier molecular flexibility index (Phi) is 40.7. The molecule has 0 radical (unpaired) electrons. The lowest BCUT2D eigenvalue weighted by molar-refractivity contribution is -0.379. The van der Waals surface area contributed by atoms with Gasteiger partial charge in [0.15, 0.2) is 18.9 Å². The van der Waals surface area contributed by atoms with Crippen molar-refractivity contribution in [2.45, 2.75) is 311 Å². The van der Waals surface area contributed by atoms with E-state index in [0.29, 0.717) is 12.8 Å². The molecule has 3 fully saturated rings. The Morgan fingerprint density at radius 3 is 1.35 bits per heavy atom. The van der Waals surface area contributed by atoms with E-state index in [1.54, 1.807) is 6.08 Å². The van der Waals surface area contributed by atoms with Crippen LogP contribution in [0, 0.1) is 0 Å². The molecule has 17 unspecified atom stereocenters. The summed E-state index contributed by atoms with van der Waals surface area (Å²) in [5.41, 5.74) is 0. The largest absolute Gasteiger partial charge is 0.394 e. The number of aliphatic hydroxyl groups excluding tert-OH is 11. The van der Waals surface area contributed by atoms with Crippen LogP contribution in [0.5, 0.6) is 0 Å². The molecular formula is C62H111NO18. The Morgan fingerprint density at radius 2 is 0.840 bits per heavy atom. The van der Waals surface area contributed by atoms with Crippen LogP contribution in [0.15, 0.2) is 48.6 Å². The van der Waals surface area contributed by atoms with Crippen LogP contribution in [0.2, 0.25) is 0 Å². The molecule has 19 nitrogen and oxygen atoms in total. The summed E-state index contributed by atoms with van der Waals surface area (Å²) in [6.07, 6.45) is 23.8. The molecule has 3 aliphatic rings. The van der Waals surface area contributed by atoms with Crippen LogP contribution >= 0.6 is 0 Å². The first-order chi connectivity index (χ1) is 39.3. The summed E-state index contributed by atoms with van der Waals surface area (Å²) in [4.78, 5) is 13.3. The number of unbranched alkanes of at least 4 members (excludes halogenated alkanes) is 24. The summed E-state index contributed by atoms with van der Waals surface area (Å²) in [6, 6.07) is -0.997. The molecule has 0 spiro atoms. The van der Waals surface area contributed by atoms with Crippen LogP contribution in [0.1, 0.15) is 206 Å². The smallest absolute Gasteiger partial charge is 0.220 e. The number of ether oxygens (including phenoxy) is 6. The van der Waals surface area contributed by atoms with Gasteiger partial charge in [0.2, 0.25) is 5.91 Å². The number of allylic oxidation sites excluding steroid dienone is 7. The quantitative estimate of drug-likeness (QED) is 0.0236. The average molecular weight is 1160 g/mol. The SMILES string of the molecule is CCCC/C=C\C/C=C\CCCCCCCC(=O)NC(COC1OC(CO)C(OC2OC(CO)C(OC3OC(CO)C(O)C(O)C3O)C(O)C2O)C(O)C1O)C(O)/C=C/CC/C=C/CCCCCCCCCCCCCCCCCC. The lowest BCUT2D eigenvalue weighted by Crippen LogP contribution is -2.66. The first-order valence-corrected chi connectivity index (χ1v) is 31.4. The third kappa shape index (κ3) is 28.7. The maximum atomic E-state index is 13.3. The highest BCUT2D eigenvalue weighted by Gasteiger charge is 2.53. The van der Waals surface area contributed by atoms with Gasteiger partial charge in [0.05, 0.1) is 38.6 Å². The first kappa shape index (κ1) is 73.0. The first-order valence-electron chi connectivity index (χ1n) is 31.4. The third-order valence-corrected chi connectivity index (χ3v) is 15.6. The molecular weight excluding hydrogens is 1050 g/mol. The van der Waals surface area contributed by atoms with E-state index in [1.807, 2.05) is 6.08 Å². The van der Waals surface area contributed by atoms with E-state index in [4.69, 9.17) is 28.4 Å². The third-order valence-electron chi connectivity index (χ3n) is 15.6. The maximum absolute atomic E-state index is 13.3. The van der Waals surface area contributed by atoms with E-state index in [2.05, 4.69) is 55.6 Å². The standard InChI is InChI=1S/C62H111NO18/c1-3-5-7-9-11-13-15-17-19-20-21-22-23-24-25-26-27-29-31-33-35-37-39-46(67)45(63-50(68)40-38-36-34-32-30-28-18-16-14-12-10-8-6-4-2)44-76-60-56(74)53(71)58(48(42-65)78-60)81-62-57(75)54(72)59(49(43-66)79-62)80-61-55(73)52(70)51(69)47(41-64)77-61/h10,12,16,18,29,31,37,39,45-49,51-62,64-67,69-75H,3-9,11,13-15,17,19-28,30,32-36,38,40-44H2,1-2H3,(H,63,68)/b12-10-,18-16-,31-29+,39-37+. The molecule has 19 heteroatoms. The summed E-state index contributed by atoms with van der Waals surface area (Å²) < 4.78 is 34.2. The molecule has 0 aromatic carbocycles. The second-order valence-corrected chi connectivity index (χ2v) is 22.5. The number of amides is 1. The number of carbonyl (C=O) groups is 1. The Hall–Kier alpha value is -2.25. The normalized spacial score (nSPS) is 30.1. The predicted molar refractivity (Wildman–Crippen MR) is 309 cm³/mol. The number of carbonyl (C=O) groups excluding carboxylic acids is 1. The molecule has 3 rings (SSSR count). The van der Waals surface area contributed by atoms with E-state index in [1.165, 1.54) is 109 Å². The summed E-state index contributed by atoms with van der Waals surface area (Å²) in [7, 11) is 0. The van der Waals surface area contributed by atoms with Crippen molar-refractivity contribution in [3.05, 3.63) is 48.6 Å². The molecule has 0 bridgehead atoms. The molecule has 12 N–H and O–H groups in total. The predicted octanol–water partition coefficient (Wildman–Crippen LogP) is 6.26. The Labute approximate surface area is 484 Å². The van der Waals surface area contributed by atoms with Gasteiger partial charge in [0.25, 0.3) is 0 Å². The highest BCUT2D eigenvalue weighted by Crippen LogP contribution is 2.33. The number of rotatable bonds is 46. The highest BCUT2D eigenvalue weighted by atomic mass is 16.8. The highest BCUT2D eigenvalue weighted by molar-refractivity contribution is 5.76. The van der Waals surface area contributed by atoms with Crippen molar-refractivity contribution in [3.8, 4) is 0 Å². The van der Waals surface area contributed by atoms with Gasteiger partial charge in [0.1, 0.15) is 73.2 Å². The van der Waals surface area contributed by atoms with Crippen molar-refractivity contribution in [2.24, 2.45) is 0 Å². The molecule has 0 aliphatic carbocycles. The fourth-order valence-electron chi connectivity index (χ4n) is 10.4. The summed E-state index contributed by atoms with van der Waals surface area (Å²) in [6.45, 7) is 1.65. The molecule has 472 valence electrons. The Morgan fingerprint density at radius 1 is 0.444 bits per heavy atom. The minimum atomic E-state index is -1.98. The zero-order valence-electron chi connectivity index (χ0n) is 49.3. The van der Waals surface area contributed by atoms with Crippen LogP contribution in [-0.4, -0.2) is 193 Å². The summed E-state index contributed by atoms with van der Waals surface area (Å²) in [5, 5.41) is 120. The van der Waals surface area contributed by atoms with E-state index >= 15 is 0 Å². The van der Waals surface area contributed by atoms with Gasteiger partial charge in [-0.3, -0.25) is 4.79 Å². The monoisotopic (exact) mass is 1160 g/mol. The minimum absolute atomic E-state index is 0.218. The molecule has 17 atom stereocenters. The summed E-state index contributed by atoms with van der Waals surface area (Å²) >= 11 is 0. The second kappa shape index (κ2) is 45.1. The van der Waals surface area contributed by atoms with Gasteiger partial charge in [-0.15, -0.1) is 0 Å². The van der Waals surface area contributed by atoms with Gasteiger partial charge in [-0.1, -0.05) is 191 Å². The van der Waals surface area contributed by atoms with Crippen LogP contribution < -0.4 is 5.32 Å². The van der Waals surface area contributed by atoms with Gasteiger partial charge >= 0.3 is 0 Å². The fraction of sp³-hybridized carbons (Fsp3) is 0.855. The Bertz CT molecular complexity index is 1670. The molecule has 0 saturated carbocycles. The van der Waals surface area contributed by atoms with Crippen molar-refractivity contribution >= 4 is 5.91 Å². The molecule has 0 aromatic rings. The van der Waals surface area contributed by atoms with Crippen LogP contribution in [0.3, 0.4) is 0 Å². The van der Waals surface area contributed by atoms with E-state index in [-0.39, 0.29) is 18.9 Å². The number of hydrogen-bond acceptors (Lipinski definition) is 18. The lowest BCUT2D eigenvalue weighted by Gasteiger charge is -2.48. The Balaban J connectivity index is 1.50. The van der Waals surface area contributed by atoms with Crippen molar-refractivity contribution in [1.29, 1.82) is 0 Å². The average Bonchev–Trinajstić information content (AvgIpc) is 3.48. The van der Waals surface area contributed by atoms with Gasteiger partial charge in [0, 0.05) is 6.42 Å². The van der Waals surface area contributed by atoms with Crippen LogP contribution in [0.25, 0.3) is 0 Å². The zero-order valence-corrected chi connectivity index (χ0v) is 49.3. The van der Waals surface area contributed by atoms with Crippen LogP contribution in [-0.2, 0) is 33.2 Å².